The summed E-state index contributed by atoms with van der Waals surface area (Å²) in [5.74, 6) is -0.239. The van der Waals surface area contributed by atoms with Crippen LogP contribution in [0, 0.1) is 0 Å². The molecule has 0 fully saturated rings. The van der Waals surface area contributed by atoms with E-state index in [4.69, 9.17) is 4.42 Å². The van der Waals surface area contributed by atoms with Crippen molar-refractivity contribution < 1.29 is 32.0 Å². The zero-order valence-corrected chi connectivity index (χ0v) is 27.1. The second kappa shape index (κ2) is 14.5. The Hall–Kier alpha value is -4.90. The minimum Gasteiger partial charge on any atom is -0.468 e. The minimum atomic E-state index is -4.54. The number of aryl methyl sites for hydroxylation is 1. The number of fused-ring (bicyclic) bond motifs is 1. The van der Waals surface area contributed by atoms with E-state index in [-0.39, 0.29) is 37.6 Å². The Kier molecular flexibility index (Phi) is 10.4. The molecule has 11 heteroatoms. The molecule has 1 aliphatic heterocycles. The highest BCUT2D eigenvalue weighted by Crippen LogP contribution is 2.36. The third kappa shape index (κ3) is 8.32. The van der Waals surface area contributed by atoms with E-state index in [0.717, 1.165) is 28.8 Å². The van der Waals surface area contributed by atoms with Gasteiger partial charge in [-0.05, 0) is 92.3 Å². The zero-order valence-electron chi connectivity index (χ0n) is 27.1. The first-order valence-corrected chi connectivity index (χ1v) is 15.9. The molecule has 1 aliphatic rings. The molecule has 4 aromatic rings. The van der Waals surface area contributed by atoms with Crippen molar-refractivity contribution in [2.24, 2.45) is 0 Å². The maximum absolute atomic E-state index is 14.1. The number of benzene rings is 3. The Morgan fingerprint density at radius 2 is 1.73 bits per heavy atom. The largest absolute Gasteiger partial charge is 0.468 e. The van der Waals surface area contributed by atoms with Gasteiger partial charge in [-0.25, -0.2) is 0 Å². The number of nitrogens with one attached hydrogen (secondary N) is 3. The van der Waals surface area contributed by atoms with E-state index in [9.17, 15) is 27.6 Å². The lowest BCUT2D eigenvalue weighted by atomic mass is 9.98. The second-order valence-corrected chi connectivity index (χ2v) is 12.5. The van der Waals surface area contributed by atoms with Crippen LogP contribution in [-0.2, 0) is 35.3 Å². The molecule has 3 amide bonds. The van der Waals surface area contributed by atoms with E-state index in [1.807, 2.05) is 63.2 Å². The quantitative estimate of drug-likeness (QED) is 0.168. The van der Waals surface area contributed by atoms with Gasteiger partial charge in [0.2, 0.25) is 11.8 Å². The number of furan rings is 1. The number of amides is 3. The highest BCUT2D eigenvalue weighted by Gasteiger charge is 2.36. The third-order valence-electron chi connectivity index (χ3n) is 8.34. The van der Waals surface area contributed by atoms with Crippen molar-refractivity contribution >= 4 is 23.4 Å². The lowest BCUT2D eigenvalue weighted by Crippen LogP contribution is -2.50. The van der Waals surface area contributed by atoms with Gasteiger partial charge in [0.05, 0.1) is 24.9 Å². The number of anilines is 1. The van der Waals surface area contributed by atoms with Crippen LogP contribution in [0.5, 0.6) is 0 Å². The Balaban J connectivity index is 1.38. The van der Waals surface area contributed by atoms with Gasteiger partial charge in [0.15, 0.2) is 0 Å². The van der Waals surface area contributed by atoms with Crippen molar-refractivity contribution in [3.63, 3.8) is 0 Å². The molecule has 3 N–H and O–H groups in total. The molecule has 5 rings (SSSR count). The fourth-order valence-corrected chi connectivity index (χ4v) is 5.86. The standard InChI is InChI=1S/C37H39F3N4O4/c1-4-41-34(46)30-10-6-5-9-29(30)25-13-11-24(12-14-25)23-44-32-18-16-27(37(38,39)40)20-26(32)15-17-31(35(44)47)43-33(45)21-36(2,3)42-22-28-8-7-19-48-28/h5-14,16,18-20,31,42H,4,15,17,21-23H2,1-3H3,(H,41,46)(H,43,45)/t31-/m1/s1. The van der Waals surface area contributed by atoms with E-state index in [0.29, 0.717) is 35.7 Å². The van der Waals surface area contributed by atoms with Crippen molar-refractivity contribution in [2.45, 2.75) is 70.9 Å². The normalized spacial score (nSPS) is 15.1. The van der Waals surface area contributed by atoms with Crippen LogP contribution in [0.25, 0.3) is 11.1 Å². The van der Waals surface area contributed by atoms with Crippen LogP contribution in [0.1, 0.15) is 66.4 Å². The number of carbonyl (C=O) groups is 3. The monoisotopic (exact) mass is 660 g/mol. The summed E-state index contributed by atoms with van der Waals surface area (Å²) in [7, 11) is 0. The summed E-state index contributed by atoms with van der Waals surface area (Å²) in [5.41, 5.74) is 2.12. The number of carbonyl (C=O) groups excluding carboxylic acids is 3. The fourth-order valence-electron chi connectivity index (χ4n) is 5.86. The van der Waals surface area contributed by atoms with Gasteiger partial charge in [0.1, 0.15) is 11.8 Å². The van der Waals surface area contributed by atoms with E-state index >= 15 is 0 Å². The molecule has 0 bridgehead atoms. The van der Waals surface area contributed by atoms with Gasteiger partial charge < -0.3 is 25.3 Å². The summed E-state index contributed by atoms with van der Waals surface area (Å²) in [6.45, 7) is 6.55. The topological polar surface area (TPSA) is 104 Å². The Morgan fingerprint density at radius 1 is 0.979 bits per heavy atom. The number of nitrogens with zero attached hydrogens (tertiary/aromatic N) is 1. The molecule has 0 unspecified atom stereocenters. The van der Waals surface area contributed by atoms with Crippen molar-refractivity contribution in [1.29, 1.82) is 0 Å². The van der Waals surface area contributed by atoms with Crippen LogP contribution < -0.4 is 20.9 Å². The molecule has 0 saturated heterocycles. The molecule has 0 spiro atoms. The van der Waals surface area contributed by atoms with Crippen molar-refractivity contribution in [1.82, 2.24) is 16.0 Å². The number of rotatable bonds is 11. The molecule has 0 radical (unpaired) electrons. The summed E-state index contributed by atoms with van der Waals surface area (Å²) < 4.78 is 46.3. The second-order valence-electron chi connectivity index (χ2n) is 12.5. The lowest BCUT2D eigenvalue weighted by molar-refractivity contribution is -0.137. The van der Waals surface area contributed by atoms with E-state index in [1.165, 1.54) is 11.0 Å². The van der Waals surface area contributed by atoms with Gasteiger partial charge in [0, 0.05) is 29.8 Å². The molecule has 2 heterocycles. The highest BCUT2D eigenvalue weighted by atomic mass is 19.4. The Bertz CT molecular complexity index is 1750. The molecule has 8 nitrogen and oxygen atoms in total. The number of halogens is 3. The van der Waals surface area contributed by atoms with Gasteiger partial charge in [-0.15, -0.1) is 0 Å². The summed E-state index contributed by atoms with van der Waals surface area (Å²) in [5, 5.41) is 8.96. The first-order chi connectivity index (χ1) is 22.8. The lowest BCUT2D eigenvalue weighted by Gasteiger charge is -2.29. The minimum absolute atomic E-state index is 0.0574. The van der Waals surface area contributed by atoms with E-state index in [2.05, 4.69) is 16.0 Å². The number of alkyl halides is 3. The number of hydrogen-bond acceptors (Lipinski definition) is 5. The number of hydrogen-bond donors (Lipinski definition) is 3. The van der Waals surface area contributed by atoms with Crippen LogP contribution in [0.2, 0.25) is 0 Å². The van der Waals surface area contributed by atoms with Gasteiger partial charge in [-0.1, -0.05) is 42.5 Å². The maximum atomic E-state index is 14.1. The highest BCUT2D eigenvalue weighted by molar-refractivity contribution is 6.01. The molecule has 1 atom stereocenters. The molecule has 48 heavy (non-hydrogen) atoms. The van der Waals surface area contributed by atoms with Gasteiger partial charge in [-0.2, -0.15) is 13.2 Å². The molecule has 3 aromatic carbocycles. The molecule has 1 aromatic heterocycles. The summed E-state index contributed by atoms with van der Waals surface area (Å²) in [6.07, 6.45) is -2.61. The van der Waals surface area contributed by atoms with Crippen molar-refractivity contribution in [3.05, 3.63) is 113 Å². The summed E-state index contributed by atoms with van der Waals surface area (Å²) in [4.78, 5) is 41.4. The Morgan fingerprint density at radius 3 is 2.42 bits per heavy atom. The summed E-state index contributed by atoms with van der Waals surface area (Å²) >= 11 is 0. The smallest absolute Gasteiger partial charge is 0.416 e. The summed E-state index contributed by atoms with van der Waals surface area (Å²) in [6, 6.07) is 20.6. The molecular weight excluding hydrogens is 621 g/mol. The maximum Gasteiger partial charge on any atom is 0.416 e. The van der Waals surface area contributed by atoms with Crippen molar-refractivity contribution in [3.8, 4) is 11.1 Å². The van der Waals surface area contributed by atoms with Gasteiger partial charge in [0.25, 0.3) is 5.91 Å². The molecular formula is C37H39F3N4O4. The first kappa shape index (κ1) is 34.4. The van der Waals surface area contributed by atoms with Crippen LogP contribution in [0.15, 0.2) is 89.5 Å². The van der Waals surface area contributed by atoms with Crippen LogP contribution >= 0.6 is 0 Å². The molecule has 252 valence electrons. The van der Waals surface area contributed by atoms with Gasteiger partial charge >= 0.3 is 6.18 Å². The third-order valence-corrected chi connectivity index (χ3v) is 8.34. The van der Waals surface area contributed by atoms with E-state index in [1.54, 1.807) is 24.5 Å². The molecule has 0 saturated carbocycles. The zero-order chi connectivity index (χ0) is 34.5. The van der Waals surface area contributed by atoms with Crippen LogP contribution in [-0.4, -0.2) is 35.8 Å². The van der Waals surface area contributed by atoms with Gasteiger partial charge in [-0.3, -0.25) is 14.4 Å². The van der Waals surface area contributed by atoms with Crippen LogP contribution in [0.3, 0.4) is 0 Å². The SMILES string of the molecule is CCNC(=O)c1ccccc1-c1ccc(CN2C(=O)[C@H](NC(=O)CC(C)(C)NCc3ccco3)CCc3cc(C(F)(F)F)ccc32)cc1. The average molecular weight is 661 g/mol. The fraction of sp³-hybridized carbons (Fsp3) is 0.324. The predicted octanol–water partition coefficient (Wildman–Crippen LogP) is 6.64. The van der Waals surface area contributed by atoms with E-state index < -0.39 is 29.2 Å². The predicted molar refractivity (Wildman–Crippen MR) is 177 cm³/mol. The van der Waals surface area contributed by atoms with Crippen molar-refractivity contribution in [2.75, 3.05) is 11.4 Å². The first-order valence-electron chi connectivity index (χ1n) is 15.9. The average Bonchev–Trinajstić information content (AvgIpc) is 3.54. The Labute approximate surface area is 277 Å². The van der Waals surface area contributed by atoms with Crippen LogP contribution in [0.4, 0.5) is 18.9 Å². The molecule has 0 aliphatic carbocycles.